The number of aromatic nitrogens is 1. The monoisotopic (exact) mass is 428 g/mol. The Kier molecular flexibility index (Phi) is 4.59. The highest BCUT2D eigenvalue weighted by atomic mass is 19.1. The van der Waals surface area contributed by atoms with Crippen LogP contribution in [0.5, 0.6) is 0 Å². The minimum Gasteiger partial charge on any atom is -0.337 e. The van der Waals surface area contributed by atoms with Crippen LogP contribution in [0.1, 0.15) is 55.3 Å². The summed E-state index contributed by atoms with van der Waals surface area (Å²) in [6, 6.07) is 13.8. The summed E-state index contributed by atoms with van der Waals surface area (Å²) in [4.78, 5) is 40.7. The van der Waals surface area contributed by atoms with Gasteiger partial charge in [0.2, 0.25) is 0 Å². The van der Waals surface area contributed by atoms with Crippen LogP contribution >= 0.6 is 0 Å². The topological polar surface area (TPSA) is 95.2 Å². The van der Waals surface area contributed by atoms with Gasteiger partial charge in [-0.1, -0.05) is 12.1 Å². The molecule has 7 nitrogen and oxygen atoms in total. The summed E-state index contributed by atoms with van der Waals surface area (Å²) in [5.74, 6) is -2.16. The average Bonchev–Trinajstić information content (AvgIpc) is 3.26. The number of carbonyl (C=O) groups excluding carboxylic acids is 3. The molecule has 3 aromatic rings. The summed E-state index contributed by atoms with van der Waals surface area (Å²) < 4.78 is 15.0. The van der Waals surface area contributed by atoms with Gasteiger partial charge >= 0.3 is 0 Å². The van der Waals surface area contributed by atoms with E-state index in [2.05, 4.69) is 11.4 Å². The normalized spacial score (nSPS) is 14.7. The Morgan fingerprint density at radius 3 is 2.28 bits per heavy atom. The molecule has 5 rings (SSSR count). The van der Waals surface area contributed by atoms with Crippen LogP contribution in [-0.4, -0.2) is 22.3 Å². The first kappa shape index (κ1) is 19.7. The summed E-state index contributed by atoms with van der Waals surface area (Å²) in [5.41, 5.74) is 1.70. The van der Waals surface area contributed by atoms with Crippen LogP contribution in [0.2, 0.25) is 0 Å². The van der Waals surface area contributed by atoms with Crippen molar-refractivity contribution in [1.29, 1.82) is 5.26 Å². The molecule has 0 radical (unpaired) electrons. The number of amides is 3. The molecule has 2 aromatic carbocycles. The average molecular weight is 428 g/mol. The molecule has 0 aliphatic carbocycles. The summed E-state index contributed by atoms with van der Waals surface area (Å²) in [5, 5.41) is 12.7. The van der Waals surface area contributed by atoms with Crippen molar-refractivity contribution in [3.8, 4) is 6.07 Å². The number of hydrogen-bond acceptors (Lipinski definition) is 4. The lowest BCUT2D eigenvalue weighted by Crippen LogP contribution is -2.32. The highest BCUT2D eigenvalue weighted by Gasteiger charge is 2.42. The second-order valence-corrected chi connectivity index (χ2v) is 7.69. The number of fused-ring (bicyclic) bond motifs is 2. The number of nitrogens with one attached hydrogen (secondary N) is 1. The second kappa shape index (κ2) is 7.46. The van der Waals surface area contributed by atoms with Gasteiger partial charge < -0.3 is 9.88 Å². The molecule has 2 aliphatic rings. The van der Waals surface area contributed by atoms with Gasteiger partial charge in [-0.15, -0.1) is 0 Å². The largest absolute Gasteiger partial charge is 0.337 e. The number of anilines is 2. The van der Waals surface area contributed by atoms with Crippen molar-refractivity contribution in [3.05, 3.63) is 82.4 Å². The third kappa shape index (κ3) is 2.90. The minimum atomic E-state index is -0.576. The van der Waals surface area contributed by atoms with Crippen LogP contribution < -0.4 is 10.2 Å². The van der Waals surface area contributed by atoms with Crippen LogP contribution in [0, 0.1) is 17.1 Å². The fourth-order valence-electron chi connectivity index (χ4n) is 4.40. The van der Waals surface area contributed by atoms with Crippen molar-refractivity contribution in [2.24, 2.45) is 0 Å². The van der Waals surface area contributed by atoms with E-state index in [9.17, 15) is 24.0 Å². The lowest BCUT2D eigenvalue weighted by atomic mass is 10.1. The van der Waals surface area contributed by atoms with Gasteiger partial charge in [0.05, 0.1) is 16.7 Å². The maximum Gasteiger partial charge on any atom is 0.274 e. The Hall–Kier alpha value is -4.25. The van der Waals surface area contributed by atoms with E-state index in [-0.39, 0.29) is 28.1 Å². The molecule has 158 valence electrons. The molecule has 1 aromatic heterocycles. The fraction of sp³-hybridized carbons (Fsp3) is 0.167. The Morgan fingerprint density at radius 2 is 1.66 bits per heavy atom. The SMILES string of the molecule is N#Cc1c(N2C(=O)c3ccccc3C2=O)c(C(=O)Nc2ccc(F)cc2)n2c1CCCC2. The highest BCUT2D eigenvalue weighted by molar-refractivity contribution is 6.36. The molecule has 0 fully saturated rings. The Bertz CT molecular complexity index is 1300. The van der Waals surface area contributed by atoms with Crippen molar-refractivity contribution in [2.45, 2.75) is 25.8 Å². The fourth-order valence-corrected chi connectivity index (χ4v) is 4.40. The van der Waals surface area contributed by atoms with E-state index in [1.54, 1.807) is 28.8 Å². The molecule has 0 bridgehead atoms. The molecule has 2 aliphatic heterocycles. The second-order valence-electron chi connectivity index (χ2n) is 7.69. The van der Waals surface area contributed by atoms with Gasteiger partial charge in [0.15, 0.2) is 0 Å². The van der Waals surface area contributed by atoms with E-state index in [1.165, 1.54) is 24.3 Å². The number of benzene rings is 2. The zero-order valence-electron chi connectivity index (χ0n) is 16.9. The zero-order valence-corrected chi connectivity index (χ0v) is 16.9. The molecular formula is C24H17FN4O3. The maximum atomic E-state index is 13.4. The molecular weight excluding hydrogens is 411 g/mol. The van der Waals surface area contributed by atoms with Crippen molar-refractivity contribution in [1.82, 2.24) is 4.57 Å². The van der Waals surface area contributed by atoms with Crippen LogP contribution in [0.4, 0.5) is 15.8 Å². The number of nitriles is 1. The van der Waals surface area contributed by atoms with E-state index in [4.69, 9.17) is 0 Å². The van der Waals surface area contributed by atoms with Crippen LogP contribution in [0.15, 0.2) is 48.5 Å². The minimum absolute atomic E-state index is 0.00946. The summed E-state index contributed by atoms with van der Waals surface area (Å²) in [7, 11) is 0. The smallest absolute Gasteiger partial charge is 0.274 e. The molecule has 32 heavy (non-hydrogen) atoms. The van der Waals surface area contributed by atoms with Crippen LogP contribution in [0.25, 0.3) is 0 Å². The van der Waals surface area contributed by atoms with E-state index >= 15 is 0 Å². The first-order valence-electron chi connectivity index (χ1n) is 10.2. The van der Waals surface area contributed by atoms with Crippen molar-refractivity contribution in [2.75, 3.05) is 10.2 Å². The number of nitrogens with zero attached hydrogens (tertiary/aromatic N) is 3. The molecule has 3 heterocycles. The molecule has 0 unspecified atom stereocenters. The van der Waals surface area contributed by atoms with Crippen molar-refractivity contribution >= 4 is 29.1 Å². The van der Waals surface area contributed by atoms with E-state index in [0.29, 0.717) is 24.3 Å². The van der Waals surface area contributed by atoms with E-state index < -0.39 is 23.5 Å². The predicted octanol–water partition coefficient (Wildman–Crippen LogP) is 3.89. The molecule has 8 heteroatoms. The number of hydrogen-bond donors (Lipinski definition) is 1. The summed E-state index contributed by atoms with van der Waals surface area (Å²) in [6.07, 6.45) is 2.19. The Balaban J connectivity index is 1.67. The zero-order chi connectivity index (χ0) is 22.4. The quantitative estimate of drug-likeness (QED) is 0.641. The first-order valence-corrected chi connectivity index (χ1v) is 10.2. The number of imide groups is 1. The lowest BCUT2D eigenvalue weighted by molar-refractivity contribution is 0.0926. The van der Waals surface area contributed by atoms with Gasteiger partial charge in [0.1, 0.15) is 23.3 Å². The number of rotatable bonds is 3. The number of halogens is 1. The summed E-state index contributed by atoms with van der Waals surface area (Å²) >= 11 is 0. The summed E-state index contributed by atoms with van der Waals surface area (Å²) in [6.45, 7) is 0.485. The van der Waals surface area contributed by atoms with Gasteiger partial charge in [-0.05, 0) is 55.7 Å². The Labute approximate surface area is 182 Å². The predicted molar refractivity (Wildman–Crippen MR) is 114 cm³/mol. The van der Waals surface area contributed by atoms with Gasteiger partial charge in [0, 0.05) is 17.9 Å². The van der Waals surface area contributed by atoms with Crippen LogP contribution in [0.3, 0.4) is 0 Å². The standard InChI is InChI=1S/C24H17FN4O3/c25-14-8-10-15(11-9-14)27-22(30)21-20(18(13-26)19-7-3-4-12-28(19)21)29-23(31)16-5-1-2-6-17(16)24(29)32/h1-2,5-6,8-11H,3-4,7,12H2,(H,27,30). The van der Waals surface area contributed by atoms with E-state index in [1.807, 2.05) is 0 Å². The van der Waals surface area contributed by atoms with Gasteiger partial charge in [-0.2, -0.15) is 5.26 Å². The van der Waals surface area contributed by atoms with Crippen molar-refractivity contribution < 1.29 is 18.8 Å². The molecule has 0 saturated heterocycles. The third-order valence-electron chi connectivity index (χ3n) is 5.84. The van der Waals surface area contributed by atoms with Crippen LogP contribution in [-0.2, 0) is 13.0 Å². The van der Waals surface area contributed by atoms with E-state index in [0.717, 1.165) is 17.7 Å². The highest BCUT2D eigenvalue weighted by Crippen LogP contribution is 2.39. The first-order chi connectivity index (χ1) is 15.5. The molecule has 0 atom stereocenters. The Morgan fingerprint density at radius 1 is 1.00 bits per heavy atom. The lowest BCUT2D eigenvalue weighted by Gasteiger charge is -2.19. The van der Waals surface area contributed by atoms with Gasteiger partial charge in [0.25, 0.3) is 17.7 Å². The number of carbonyl (C=O) groups is 3. The maximum absolute atomic E-state index is 13.4. The van der Waals surface area contributed by atoms with Gasteiger partial charge in [-0.25, -0.2) is 9.29 Å². The molecule has 0 saturated carbocycles. The van der Waals surface area contributed by atoms with Gasteiger partial charge in [-0.3, -0.25) is 14.4 Å². The third-order valence-corrected chi connectivity index (χ3v) is 5.84. The molecule has 1 N–H and O–H groups in total. The molecule has 3 amide bonds. The van der Waals surface area contributed by atoms with Crippen molar-refractivity contribution in [3.63, 3.8) is 0 Å². The molecule has 0 spiro atoms.